The molecule has 2 aromatic heterocycles. The lowest BCUT2D eigenvalue weighted by Crippen LogP contribution is -2.29. The summed E-state index contributed by atoms with van der Waals surface area (Å²) in [4.78, 5) is 0. The average molecular weight is 639 g/mol. The molecule has 3 aliphatic carbocycles. The summed E-state index contributed by atoms with van der Waals surface area (Å²) in [5, 5.41) is 5.15. The molecule has 0 bridgehead atoms. The molecule has 8 aromatic rings. The molecule has 236 valence electrons. The summed E-state index contributed by atoms with van der Waals surface area (Å²) in [5.41, 5.74) is 14.4. The molecule has 3 atom stereocenters. The van der Waals surface area contributed by atoms with Crippen molar-refractivity contribution in [2.75, 3.05) is 0 Å². The molecule has 11 rings (SSSR count). The van der Waals surface area contributed by atoms with Gasteiger partial charge in [-0.2, -0.15) is 0 Å². The molecule has 2 nitrogen and oxygen atoms in total. The van der Waals surface area contributed by atoms with Crippen molar-refractivity contribution in [2.45, 2.75) is 12.3 Å². The molecule has 0 spiro atoms. The van der Waals surface area contributed by atoms with Gasteiger partial charge in [0.05, 0.1) is 22.1 Å². The van der Waals surface area contributed by atoms with Gasteiger partial charge in [0.1, 0.15) is 0 Å². The highest BCUT2D eigenvalue weighted by atomic mass is 15.0. The molecule has 3 aliphatic rings. The molecule has 0 saturated heterocycles. The van der Waals surface area contributed by atoms with E-state index >= 15 is 0 Å². The van der Waals surface area contributed by atoms with Gasteiger partial charge in [-0.05, 0) is 101 Å². The molecule has 50 heavy (non-hydrogen) atoms. The third-order valence-electron chi connectivity index (χ3n) is 11.5. The van der Waals surface area contributed by atoms with Crippen LogP contribution in [0.3, 0.4) is 0 Å². The van der Waals surface area contributed by atoms with E-state index in [-0.39, 0.29) is 0 Å². The Morgan fingerprint density at radius 2 is 1.08 bits per heavy atom. The van der Waals surface area contributed by atoms with Gasteiger partial charge in [0.15, 0.2) is 0 Å². The number of benzene rings is 6. The van der Waals surface area contributed by atoms with Crippen molar-refractivity contribution in [1.82, 2.24) is 9.13 Å². The third-order valence-corrected chi connectivity index (χ3v) is 11.5. The number of aromatic nitrogens is 2. The minimum Gasteiger partial charge on any atom is -0.313 e. The van der Waals surface area contributed by atoms with Crippen LogP contribution in [0.4, 0.5) is 0 Å². The smallest absolute Gasteiger partial charge is 0.0541 e. The van der Waals surface area contributed by atoms with Crippen LogP contribution in [0.15, 0.2) is 176 Å². The fourth-order valence-corrected chi connectivity index (χ4v) is 9.35. The third kappa shape index (κ3) is 3.96. The van der Waals surface area contributed by atoms with Crippen LogP contribution in [0, 0.1) is 11.8 Å². The van der Waals surface area contributed by atoms with Gasteiger partial charge in [-0.3, -0.25) is 0 Å². The molecular formula is C48H34N2. The van der Waals surface area contributed by atoms with Gasteiger partial charge in [0.2, 0.25) is 0 Å². The van der Waals surface area contributed by atoms with Crippen molar-refractivity contribution < 1.29 is 0 Å². The van der Waals surface area contributed by atoms with Crippen molar-refractivity contribution in [3.63, 3.8) is 0 Å². The lowest BCUT2D eigenvalue weighted by molar-refractivity contribution is 0.432. The minimum atomic E-state index is 0.428. The lowest BCUT2D eigenvalue weighted by Gasteiger charge is -2.42. The number of hydrogen-bond donors (Lipinski definition) is 0. The Morgan fingerprint density at radius 1 is 0.480 bits per heavy atom. The van der Waals surface area contributed by atoms with Crippen molar-refractivity contribution in [3.8, 4) is 16.8 Å². The highest BCUT2D eigenvalue weighted by molar-refractivity contribution is 6.13. The Hall–Kier alpha value is -6.12. The van der Waals surface area contributed by atoms with Gasteiger partial charge in [-0.25, -0.2) is 0 Å². The van der Waals surface area contributed by atoms with E-state index in [1.165, 1.54) is 82.8 Å². The Kier molecular flexibility index (Phi) is 5.94. The Balaban J connectivity index is 1.06. The molecule has 2 heterocycles. The number of rotatable bonds is 3. The first-order valence-corrected chi connectivity index (χ1v) is 17.8. The maximum atomic E-state index is 2.54. The summed E-state index contributed by atoms with van der Waals surface area (Å²) in [6.07, 6.45) is 15.2. The summed E-state index contributed by atoms with van der Waals surface area (Å²) in [5.74, 6) is 1.33. The predicted octanol–water partition coefficient (Wildman–Crippen LogP) is 12.3. The van der Waals surface area contributed by atoms with E-state index in [4.69, 9.17) is 0 Å². The summed E-state index contributed by atoms with van der Waals surface area (Å²) in [6, 6.07) is 51.5. The van der Waals surface area contributed by atoms with E-state index in [0.717, 1.165) is 6.42 Å². The van der Waals surface area contributed by atoms with Crippen molar-refractivity contribution in [1.29, 1.82) is 0 Å². The van der Waals surface area contributed by atoms with Gasteiger partial charge in [-0.15, -0.1) is 0 Å². The van der Waals surface area contributed by atoms with E-state index in [1.807, 2.05) is 0 Å². The number of para-hydroxylation sites is 3. The zero-order valence-corrected chi connectivity index (χ0v) is 27.6. The van der Waals surface area contributed by atoms with E-state index in [0.29, 0.717) is 17.8 Å². The number of allylic oxidation sites excluding steroid dienone is 8. The minimum absolute atomic E-state index is 0.428. The van der Waals surface area contributed by atoms with Crippen LogP contribution >= 0.6 is 0 Å². The molecule has 0 aliphatic heterocycles. The molecule has 0 radical (unpaired) electrons. The van der Waals surface area contributed by atoms with Gasteiger partial charge in [-0.1, -0.05) is 121 Å². The molecule has 0 fully saturated rings. The highest BCUT2D eigenvalue weighted by Crippen LogP contribution is 2.53. The second-order valence-electron chi connectivity index (χ2n) is 14.1. The van der Waals surface area contributed by atoms with Crippen LogP contribution in [-0.2, 0) is 0 Å². The average Bonchev–Trinajstić information content (AvgIpc) is 3.70. The topological polar surface area (TPSA) is 9.86 Å². The fourth-order valence-electron chi connectivity index (χ4n) is 9.35. The highest BCUT2D eigenvalue weighted by Gasteiger charge is 2.39. The molecule has 2 heteroatoms. The second kappa shape index (κ2) is 10.7. The van der Waals surface area contributed by atoms with Crippen molar-refractivity contribution >= 4 is 54.9 Å². The monoisotopic (exact) mass is 638 g/mol. The lowest BCUT2D eigenvalue weighted by atomic mass is 9.63. The second-order valence-corrected chi connectivity index (χ2v) is 14.1. The first-order chi connectivity index (χ1) is 24.8. The first-order valence-electron chi connectivity index (χ1n) is 17.8. The van der Waals surface area contributed by atoms with E-state index in [9.17, 15) is 0 Å². The fraction of sp³-hybridized carbons (Fsp3) is 0.0833. The largest absolute Gasteiger partial charge is 0.313 e. The normalized spacial score (nSPS) is 19.4. The van der Waals surface area contributed by atoms with Crippen LogP contribution in [0.2, 0.25) is 0 Å². The number of hydrogen-bond acceptors (Lipinski definition) is 0. The summed E-state index contributed by atoms with van der Waals surface area (Å²) in [7, 11) is 0. The van der Waals surface area contributed by atoms with Crippen molar-refractivity contribution in [2.24, 2.45) is 11.8 Å². The van der Waals surface area contributed by atoms with E-state index < -0.39 is 0 Å². The molecule has 6 aromatic carbocycles. The summed E-state index contributed by atoms with van der Waals surface area (Å²) < 4.78 is 4.92. The standard InChI is InChI=1S/C48H34N2/c1-2-12-33(13-3-1)49-45-20-10-8-18-40(45)43-28-31(22-26-47(43)49)32-23-27-48-44(29-32)41-19-9-11-21-46(41)50(48)34-24-25-39-37-16-5-4-14-35(37)36-15-6-7-17-38(36)42(39)30-34/h1-29,36,38,42H,30H2. The zero-order valence-electron chi connectivity index (χ0n) is 27.6. The maximum Gasteiger partial charge on any atom is 0.0541 e. The van der Waals surface area contributed by atoms with Crippen LogP contribution in [0.5, 0.6) is 0 Å². The number of nitrogens with zero attached hydrogens (tertiary/aromatic N) is 2. The maximum absolute atomic E-state index is 2.54. The molecule has 0 saturated carbocycles. The Morgan fingerprint density at radius 3 is 1.84 bits per heavy atom. The van der Waals surface area contributed by atoms with Gasteiger partial charge in [0, 0.05) is 38.8 Å². The van der Waals surface area contributed by atoms with E-state index in [2.05, 4.69) is 185 Å². The van der Waals surface area contributed by atoms with Gasteiger partial charge < -0.3 is 9.13 Å². The van der Waals surface area contributed by atoms with Gasteiger partial charge >= 0.3 is 0 Å². The molecular weight excluding hydrogens is 605 g/mol. The number of fused-ring (bicyclic) bond motifs is 12. The first kappa shape index (κ1) is 27.8. The van der Waals surface area contributed by atoms with Crippen LogP contribution < -0.4 is 0 Å². The summed E-state index contributed by atoms with van der Waals surface area (Å²) >= 11 is 0. The van der Waals surface area contributed by atoms with Crippen LogP contribution in [-0.4, -0.2) is 9.13 Å². The Bertz CT molecular complexity index is 2800. The van der Waals surface area contributed by atoms with E-state index in [1.54, 1.807) is 0 Å². The molecule has 3 unspecified atom stereocenters. The zero-order chi connectivity index (χ0) is 32.8. The van der Waals surface area contributed by atoms with Crippen molar-refractivity contribution in [3.05, 3.63) is 187 Å². The molecule has 0 amide bonds. The predicted molar refractivity (Wildman–Crippen MR) is 211 cm³/mol. The SMILES string of the molecule is C1=CC2c3ccccc3C3=CC=C(n4c5ccccc5c5cc(-c6ccc7c(c6)c6ccccc6n7-c6ccccc6)ccc54)CC3C2C=C1. The molecule has 0 N–H and O–H groups in total. The summed E-state index contributed by atoms with van der Waals surface area (Å²) in [6.45, 7) is 0. The Labute approximate surface area is 291 Å². The van der Waals surface area contributed by atoms with Gasteiger partial charge in [0.25, 0.3) is 0 Å². The quantitative estimate of drug-likeness (QED) is 0.182. The van der Waals surface area contributed by atoms with Crippen LogP contribution in [0.25, 0.3) is 71.7 Å². The van der Waals surface area contributed by atoms with Crippen LogP contribution in [0.1, 0.15) is 23.5 Å².